The fourth-order valence-electron chi connectivity index (χ4n) is 1.82. The minimum atomic E-state index is -3.72. The molecule has 2 aromatic rings. The molecule has 0 spiro atoms. The van der Waals surface area contributed by atoms with Gasteiger partial charge in [0.25, 0.3) is 5.91 Å². The highest BCUT2D eigenvalue weighted by molar-refractivity contribution is 7.89. The van der Waals surface area contributed by atoms with E-state index in [4.69, 9.17) is 5.73 Å². The maximum atomic E-state index is 12.0. The number of hydrogen-bond donors (Lipinski definition) is 3. The Morgan fingerprint density at radius 1 is 1.08 bits per heavy atom. The van der Waals surface area contributed by atoms with Crippen LogP contribution in [0.3, 0.4) is 0 Å². The van der Waals surface area contributed by atoms with E-state index in [2.05, 4.69) is 15.2 Å². The Balaban J connectivity index is 1.91. The number of rotatable bonds is 6. The van der Waals surface area contributed by atoms with Gasteiger partial charge in [-0.05, 0) is 36.8 Å². The number of carbonyl (C=O) groups is 1. The van der Waals surface area contributed by atoms with Crippen molar-refractivity contribution in [3.63, 3.8) is 0 Å². The van der Waals surface area contributed by atoms with Gasteiger partial charge < -0.3 is 5.73 Å². The van der Waals surface area contributed by atoms with Crippen LogP contribution < -0.4 is 15.9 Å². The van der Waals surface area contributed by atoms with Crippen molar-refractivity contribution in [2.75, 3.05) is 12.3 Å². The average molecular weight is 346 g/mol. The number of nitrogen functional groups attached to an aromatic ring is 1. The maximum absolute atomic E-state index is 12.0. The van der Waals surface area contributed by atoms with E-state index in [1.807, 2.05) is 0 Å². The lowest BCUT2D eigenvalue weighted by Crippen LogP contribution is -2.35. The molecule has 0 bridgehead atoms. The van der Waals surface area contributed by atoms with Gasteiger partial charge in [0.05, 0.1) is 17.2 Å². The fraction of sp³-hybridized carbons (Fsp3) is 0.125. The second-order valence-electron chi connectivity index (χ2n) is 4.99. The van der Waals surface area contributed by atoms with Crippen LogP contribution in [0.1, 0.15) is 12.5 Å². The van der Waals surface area contributed by atoms with Crippen LogP contribution in [-0.2, 0) is 14.8 Å². The molecule has 7 nitrogen and oxygen atoms in total. The number of nitrogens with two attached hydrogens (primary N) is 1. The molecule has 0 saturated carbocycles. The minimum Gasteiger partial charge on any atom is -0.399 e. The zero-order chi connectivity index (χ0) is 17.6. The first-order valence-electron chi connectivity index (χ1n) is 7.12. The van der Waals surface area contributed by atoms with Gasteiger partial charge in [-0.1, -0.05) is 30.3 Å². The van der Waals surface area contributed by atoms with Gasteiger partial charge in [-0.2, -0.15) is 5.10 Å². The lowest BCUT2D eigenvalue weighted by molar-refractivity contribution is -0.119. The summed E-state index contributed by atoms with van der Waals surface area (Å²) in [6.07, 6.45) is 0. The van der Waals surface area contributed by atoms with Crippen molar-refractivity contribution >= 4 is 27.3 Å². The van der Waals surface area contributed by atoms with E-state index in [0.29, 0.717) is 11.4 Å². The number of hydrogen-bond acceptors (Lipinski definition) is 5. The number of hydrazone groups is 1. The number of benzene rings is 2. The van der Waals surface area contributed by atoms with Gasteiger partial charge in [-0.25, -0.2) is 18.6 Å². The molecule has 0 saturated heterocycles. The summed E-state index contributed by atoms with van der Waals surface area (Å²) in [5.74, 6) is -0.565. The first kappa shape index (κ1) is 17.6. The zero-order valence-corrected chi connectivity index (χ0v) is 13.9. The SMILES string of the molecule is C/C(=N/NC(=O)CNS(=O)(=O)c1ccccc1)c1ccc(N)cc1. The molecule has 0 radical (unpaired) electrons. The number of nitrogens with zero attached hydrogens (tertiary/aromatic N) is 1. The van der Waals surface area contributed by atoms with Gasteiger partial charge in [-0.3, -0.25) is 4.79 Å². The van der Waals surface area contributed by atoms with E-state index in [9.17, 15) is 13.2 Å². The van der Waals surface area contributed by atoms with Gasteiger partial charge in [0, 0.05) is 5.69 Å². The summed E-state index contributed by atoms with van der Waals surface area (Å²) in [7, 11) is -3.72. The smallest absolute Gasteiger partial charge is 0.255 e. The number of amides is 1. The quantitative estimate of drug-likeness (QED) is 0.413. The van der Waals surface area contributed by atoms with Gasteiger partial charge in [-0.15, -0.1) is 0 Å². The normalized spacial score (nSPS) is 12.0. The summed E-state index contributed by atoms with van der Waals surface area (Å²) < 4.78 is 26.2. The highest BCUT2D eigenvalue weighted by Crippen LogP contribution is 2.07. The van der Waals surface area contributed by atoms with Gasteiger partial charge in [0.15, 0.2) is 0 Å². The van der Waals surface area contributed by atoms with Gasteiger partial charge in [0.2, 0.25) is 10.0 Å². The molecule has 24 heavy (non-hydrogen) atoms. The molecule has 0 fully saturated rings. The third kappa shape index (κ3) is 4.90. The fourth-order valence-corrected chi connectivity index (χ4v) is 2.82. The Morgan fingerprint density at radius 2 is 1.71 bits per heavy atom. The summed E-state index contributed by atoms with van der Waals surface area (Å²) in [6, 6.07) is 14.8. The predicted molar refractivity (Wildman–Crippen MR) is 92.8 cm³/mol. The van der Waals surface area contributed by atoms with Crippen molar-refractivity contribution in [1.82, 2.24) is 10.1 Å². The van der Waals surface area contributed by atoms with E-state index in [1.54, 1.807) is 49.4 Å². The number of sulfonamides is 1. The third-order valence-electron chi connectivity index (χ3n) is 3.15. The molecule has 0 aliphatic rings. The average Bonchev–Trinajstić information content (AvgIpc) is 2.59. The number of carbonyl (C=O) groups excluding carboxylic acids is 1. The lowest BCUT2D eigenvalue weighted by Gasteiger charge is -2.06. The van der Waals surface area contributed by atoms with Crippen LogP contribution in [0.25, 0.3) is 0 Å². The summed E-state index contributed by atoms with van der Waals surface area (Å²) in [6.45, 7) is 1.32. The van der Waals surface area contributed by atoms with Crippen molar-refractivity contribution in [2.24, 2.45) is 5.10 Å². The molecule has 0 heterocycles. The van der Waals surface area contributed by atoms with E-state index in [1.165, 1.54) is 12.1 Å². The topological polar surface area (TPSA) is 114 Å². The van der Waals surface area contributed by atoms with E-state index >= 15 is 0 Å². The second-order valence-corrected chi connectivity index (χ2v) is 6.76. The molecule has 126 valence electrons. The van der Waals surface area contributed by atoms with Crippen molar-refractivity contribution < 1.29 is 13.2 Å². The Hall–Kier alpha value is -2.71. The van der Waals surface area contributed by atoms with Gasteiger partial charge >= 0.3 is 0 Å². The first-order valence-corrected chi connectivity index (χ1v) is 8.60. The van der Waals surface area contributed by atoms with Crippen molar-refractivity contribution in [3.05, 3.63) is 60.2 Å². The lowest BCUT2D eigenvalue weighted by atomic mass is 10.1. The van der Waals surface area contributed by atoms with Crippen molar-refractivity contribution in [3.8, 4) is 0 Å². The maximum Gasteiger partial charge on any atom is 0.255 e. The van der Waals surface area contributed by atoms with Crippen LogP contribution in [0, 0.1) is 0 Å². The molecule has 0 aromatic heterocycles. The largest absolute Gasteiger partial charge is 0.399 e. The minimum absolute atomic E-state index is 0.0966. The predicted octanol–water partition coefficient (Wildman–Crippen LogP) is 1.09. The molecule has 2 rings (SSSR count). The number of nitrogens with one attached hydrogen (secondary N) is 2. The van der Waals surface area contributed by atoms with E-state index in [0.717, 1.165) is 5.56 Å². The third-order valence-corrected chi connectivity index (χ3v) is 4.57. The Morgan fingerprint density at radius 3 is 2.33 bits per heavy atom. The molecule has 0 aliphatic heterocycles. The molecule has 4 N–H and O–H groups in total. The standard InChI is InChI=1S/C16H18N4O3S/c1-12(13-7-9-14(17)10-8-13)19-20-16(21)11-18-24(22,23)15-5-3-2-4-6-15/h2-10,18H,11,17H2,1H3,(H,20,21)/b19-12-. The van der Waals surface area contributed by atoms with Crippen LogP contribution in [0.15, 0.2) is 64.6 Å². The molecular weight excluding hydrogens is 328 g/mol. The van der Waals surface area contributed by atoms with Crippen LogP contribution in [0.2, 0.25) is 0 Å². The first-order chi connectivity index (χ1) is 11.4. The van der Waals surface area contributed by atoms with E-state index in [-0.39, 0.29) is 4.90 Å². The molecule has 8 heteroatoms. The molecule has 0 unspecified atom stereocenters. The molecule has 0 atom stereocenters. The second kappa shape index (κ2) is 7.71. The van der Waals surface area contributed by atoms with E-state index < -0.39 is 22.5 Å². The highest BCUT2D eigenvalue weighted by Gasteiger charge is 2.14. The summed E-state index contributed by atoms with van der Waals surface area (Å²) >= 11 is 0. The Kier molecular flexibility index (Phi) is 5.67. The molecule has 1 amide bonds. The van der Waals surface area contributed by atoms with Crippen LogP contribution >= 0.6 is 0 Å². The summed E-state index contributed by atoms with van der Waals surface area (Å²) in [4.78, 5) is 11.8. The number of anilines is 1. The Bertz CT molecular complexity index is 831. The van der Waals surface area contributed by atoms with Crippen molar-refractivity contribution in [1.29, 1.82) is 0 Å². The molecular formula is C16H18N4O3S. The van der Waals surface area contributed by atoms with Crippen molar-refractivity contribution in [2.45, 2.75) is 11.8 Å². The van der Waals surface area contributed by atoms with Crippen LogP contribution in [-0.4, -0.2) is 26.6 Å². The summed E-state index contributed by atoms with van der Waals surface area (Å²) in [5.41, 5.74) is 9.92. The molecule has 0 aliphatic carbocycles. The summed E-state index contributed by atoms with van der Waals surface area (Å²) in [5, 5.41) is 3.94. The van der Waals surface area contributed by atoms with Gasteiger partial charge in [0.1, 0.15) is 0 Å². The highest BCUT2D eigenvalue weighted by atomic mass is 32.2. The Labute approximate surface area is 140 Å². The molecule has 2 aromatic carbocycles. The van der Waals surface area contributed by atoms with Crippen LogP contribution in [0.4, 0.5) is 5.69 Å². The van der Waals surface area contributed by atoms with Crippen LogP contribution in [0.5, 0.6) is 0 Å². The monoisotopic (exact) mass is 346 g/mol. The zero-order valence-electron chi connectivity index (χ0n) is 13.1.